The van der Waals surface area contributed by atoms with Crippen LogP contribution in [-0.4, -0.2) is 30.8 Å². The molecule has 0 aromatic rings. The Balaban J connectivity index is 1.67. The van der Waals surface area contributed by atoms with Crippen LogP contribution >= 0.6 is 0 Å². The summed E-state index contributed by atoms with van der Waals surface area (Å²) in [5.41, 5.74) is 1.56. The highest BCUT2D eigenvalue weighted by Gasteiger charge is 2.60. The molecule has 0 radical (unpaired) electrons. The first-order valence-electron chi connectivity index (χ1n) is 10.0. The average molecular weight is 344 g/mol. The van der Waals surface area contributed by atoms with E-state index in [0.717, 1.165) is 25.7 Å². The van der Waals surface area contributed by atoms with Crippen molar-refractivity contribution in [3.63, 3.8) is 0 Å². The van der Waals surface area contributed by atoms with Gasteiger partial charge in [0.1, 0.15) is 0 Å². The molecule has 1 heterocycles. The molecule has 1 aliphatic heterocycles. The van der Waals surface area contributed by atoms with Gasteiger partial charge in [-0.15, -0.1) is 0 Å². The Morgan fingerprint density at radius 3 is 2.68 bits per heavy atom. The van der Waals surface area contributed by atoms with Crippen LogP contribution in [0.1, 0.15) is 58.8 Å². The van der Waals surface area contributed by atoms with Gasteiger partial charge in [-0.3, -0.25) is 9.59 Å². The normalized spacial score (nSPS) is 46.0. The Hall–Kier alpha value is -1.32. The van der Waals surface area contributed by atoms with E-state index in [1.165, 1.54) is 18.5 Å². The third kappa shape index (κ3) is 2.18. The fraction of sp³-hybridized carbons (Fsp3) is 0.810. The SMILES string of the molecule is CNC(=O)[C@H]1CC[C@H]2[C@@H]3CC=C4N(C)C(=O)CC[C@]4(C)[C@H]3CC[C@]12C. The molecule has 1 saturated heterocycles. The molecule has 0 aromatic heterocycles. The molecular weight excluding hydrogens is 312 g/mol. The van der Waals surface area contributed by atoms with Gasteiger partial charge >= 0.3 is 0 Å². The number of rotatable bonds is 1. The third-order valence-electron chi connectivity index (χ3n) is 8.58. The van der Waals surface area contributed by atoms with Gasteiger partial charge in [0.2, 0.25) is 11.8 Å². The Morgan fingerprint density at radius 1 is 1.20 bits per heavy atom. The van der Waals surface area contributed by atoms with Crippen LogP contribution in [0.3, 0.4) is 0 Å². The van der Waals surface area contributed by atoms with E-state index in [0.29, 0.717) is 24.2 Å². The van der Waals surface area contributed by atoms with E-state index >= 15 is 0 Å². The lowest BCUT2D eigenvalue weighted by atomic mass is 9.49. The van der Waals surface area contributed by atoms with Gasteiger partial charge in [-0.05, 0) is 61.7 Å². The zero-order valence-electron chi connectivity index (χ0n) is 16.1. The molecule has 1 N–H and O–H groups in total. The second-order valence-electron chi connectivity index (χ2n) is 9.36. The highest BCUT2D eigenvalue weighted by molar-refractivity contribution is 5.80. The second-order valence-corrected chi connectivity index (χ2v) is 9.36. The molecule has 3 fully saturated rings. The first-order valence-corrected chi connectivity index (χ1v) is 10.0. The largest absolute Gasteiger partial charge is 0.359 e. The number of carbonyl (C=O) groups is 2. The van der Waals surface area contributed by atoms with Crippen LogP contribution in [0.5, 0.6) is 0 Å². The molecule has 4 rings (SSSR count). The number of hydrogen-bond acceptors (Lipinski definition) is 2. The summed E-state index contributed by atoms with van der Waals surface area (Å²) < 4.78 is 0. The number of hydrogen-bond donors (Lipinski definition) is 1. The Kier molecular flexibility index (Phi) is 3.82. The van der Waals surface area contributed by atoms with Gasteiger partial charge in [0.05, 0.1) is 0 Å². The van der Waals surface area contributed by atoms with Crippen molar-refractivity contribution in [3.8, 4) is 0 Å². The number of nitrogens with zero attached hydrogens (tertiary/aromatic N) is 1. The van der Waals surface area contributed by atoms with E-state index in [1.54, 1.807) is 7.05 Å². The van der Waals surface area contributed by atoms with Crippen molar-refractivity contribution in [1.82, 2.24) is 10.2 Å². The van der Waals surface area contributed by atoms with Crippen LogP contribution in [0.15, 0.2) is 11.8 Å². The lowest BCUT2D eigenvalue weighted by molar-refractivity contribution is -0.138. The Bertz CT molecular complexity index is 642. The number of likely N-dealkylation sites (tertiary alicyclic amines) is 1. The van der Waals surface area contributed by atoms with Crippen molar-refractivity contribution in [1.29, 1.82) is 0 Å². The summed E-state index contributed by atoms with van der Waals surface area (Å²) >= 11 is 0. The summed E-state index contributed by atoms with van der Waals surface area (Å²) in [5, 5.41) is 2.91. The van der Waals surface area contributed by atoms with E-state index < -0.39 is 0 Å². The van der Waals surface area contributed by atoms with Gasteiger partial charge < -0.3 is 10.2 Å². The molecule has 2 saturated carbocycles. The number of nitrogens with one attached hydrogen (secondary N) is 1. The second kappa shape index (κ2) is 5.59. The molecular formula is C21H32N2O2. The maximum Gasteiger partial charge on any atom is 0.226 e. The predicted octanol–water partition coefficient (Wildman–Crippen LogP) is 3.34. The average Bonchev–Trinajstić information content (AvgIpc) is 2.95. The van der Waals surface area contributed by atoms with Crippen LogP contribution in [0.4, 0.5) is 0 Å². The van der Waals surface area contributed by atoms with Crippen LogP contribution in [0.25, 0.3) is 0 Å². The molecule has 25 heavy (non-hydrogen) atoms. The van der Waals surface area contributed by atoms with Crippen molar-refractivity contribution < 1.29 is 9.59 Å². The van der Waals surface area contributed by atoms with E-state index in [9.17, 15) is 9.59 Å². The minimum Gasteiger partial charge on any atom is -0.359 e. The van der Waals surface area contributed by atoms with Crippen molar-refractivity contribution >= 4 is 11.8 Å². The molecule has 4 heteroatoms. The van der Waals surface area contributed by atoms with Gasteiger partial charge in [0.25, 0.3) is 0 Å². The van der Waals surface area contributed by atoms with E-state index in [2.05, 4.69) is 25.2 Å². The highest BCUT2D eigenvalue weighted by Crippen LogP contribution is 2.65. The number of carbonyl (C=O) groups excluding carboxylic acids is 2. The maximum atomic E-state index is 12.4. The van der Waals surface area contributed by atoms with Gasteiger partial charge in [-0.1, -0.05) is 19.9 Å². The fourth-order valence-electron chi connectivity index (χ4n) is 7.19. The molecule has 0 spiro atoms. The molecule has 0 unspecified atom stereocenters. The van der Waals surface area contributed by atoms with Crippen molar-refractivity contribution in [2.24, 2.45) is 34.5 Å². The number of fused-ring (bicyclic) bond motifs is 5. The summed E-state index contributed by atoms with van der Waals surface area (Å²) in [6, 6.07) is 0. The smallest absolute Gasteiger partial charge is 0.226 e. The van der Waals surface area contributed by atoms with Gasteiger partial charge in [-0.25, -0.2) is 0 Å². The zero-order valence-corrected chi connectivity index (χ0v) is 16.1. The fourth-order valence-corrected chi connectivity index (χ4v) is 7.19. The summed E-state index contributed by atoms with van der Waals surface area (Å²) in [6.45, 7) is 4.77. The Labute approximate surface area is 151 Å². The monoisotopic (exact) mass is 344 g/mol. The Morgan fingerprint density at radius 2 is 1.96 bits per heavy atom. The number of amides is 2. The third-order valence-corrected chi connectivity index (χ3v) is 8.58. The first kappa shape index (κ1) is 17.1. The standard InChI is InChI=1S/C21H32N2O2/c1-20-11-9-15-13(14(20)6-7-16(20)19(25)22-3)5-8-17-21(15,2)12-10-18(24)23(17)4/h8,13-16H,5-7,9-12H2,1-4H3,(H,22,25)/t13-,14-,15-,16+,20-,21+/m0/s1. The van der Waals surface area contributed by atoms with E-state index in [-0.39, 0.29) is 28.6 Å². The minimum absolute atomic E-state index is 0.137. The van der Waals surface area contributed by atoms with Crippen LogP contribution in [0.2, 0.25) is 0 Å². The minimum atomic E-state index is 0.137. The lowest BCUT2D eigenvalue weighted by Gasteiger charge is -2.58. The van der Waals surface area contributed by atoms with E-state index in [4.69, 9.17) is 0 Å². The maximum absolute atomic E-state index is 12.4. The molecule has 6 atom stereocenters. The van der Waals surface area contributed by atoms with Gasteiger partial charge in [-0.2, -0.15) is 0 Å². The number of allylic oxidation sites excluding steroid dienone is 2. The summed E-state index contributed by atoms with van der Waals surface area (Å²) in [5.74, 6) is 2.66. The first-order chi connectivity index (χ1) is 11.8. The zero-order chi connectivity index (χ0) is 18.0. The van der Waals surface area contributed by atoms with Crippen LogP contribution in [0, 0.1) is 34.5 Å². The summed E-state index contributed by atoms with van der Waals surface area (Å²) in [7, 11) is 3.73. The molecule has 2 amide bonds. The highest BCUT2D eigenvalue weighted by atomic mass is 16.2. The molecule has 0 bridgehead atoms. The van der Waals surface area contributed by atoms with Gasteiger partial charge in [0.15, 0.2) is 0 Å². The summed E-state index contributed by atoms with van der Waals surface area (Å²) in [6.07, 6.45) is 9.67. The quantitative estimate of drug-likeness (QED) is 0.793. The predicted molar refractivity (Wildman–Crippen MR) is 97.4 cm³/mol. The van der Waals surface area contributed by atoms with Crippen molar-refractivity contribution in [2.75, 3.05) is 14.1 Å². The molecule has 4 aliphatic rings. The van der Waals surface area contributed by atoms with Gasteiger partial charge in [0, 0.05) is 37.5 Å². The van der Waals surface area contributed by atoms with Crippen molar-refractivity contribution in [3.05, 3.63) is 11.8 Å². The lowest BCUT2D eigenvalue weighted by Crippen LogP contribution is -2.54. The van der Waals surface area contributed by atoms with Crippen LogP contribution in [-0.2, 0) is 9.59 Å². The van der Waals surface area contributed by atoms with Crippen LogP contribution < -0.4 is 5.32 Å². The summed E-state index contributed by atoms with van der Waals surface area (Å²) in [4.78, 5) is 26.5. The molecule has 138 valence electrons. The van der Waals surface area contributed by atoms with E-state index in [1.807, 2.05) is 11.9 Å². The molecule has 4 nitrogen and oxygen atoms in total. The molecule has 0 aromatic carbocycles. The van der Waals surface area contributed by atoms with Crippen molar-refractivity contribution in [2.45, 2.75) is 58.8 Å². The molecule has 3 aliphatic carbocycles. The number of piperidine rings is 1. The topological polar surface area (TPSA) is 49.4 Å².